The molecule has 1 saturated heterocycles. The first-order chi connectivity index (χ1) is 15.6. The van der Waals surface area contributed by atoms with Crippen LogP contribution in [0.2, 0.25) is 0 Å². The SMILES string of the molecule is O=C(C(=O)N1CCC(Cc2ccccc2)CC1)c1c[nH]c2c(N3C=CNN3)ncc(F)c12.[HH]. The van der Waals surface area contributed by atoms with Gasteiger partial charge in [-0.2, -0.15) is 0 Å². The summed E-state index contributed by atoms with van der Waals surface area (Å²) in [6.07, 6.45) is 8.40. The topological polar surface area (TPSA) is 93.4 Å². The lowest BCUT2D eigenvalue weighted by Crippen LogP contribution is -2.42. The van der Waals surface area contributed by atoms with Crippen molar-refractivity contribution < 1.29 is 15.4 Å². The second kappa shape index (κ2) is 8.43. The molecule has 0 unspecified atom stereocenters. The van der Waals surface area contributed by atoms with Crippen molar-refractivity contribution in [3.05, 3.63) is 72.1 Å². The smallest absolute Gasteiger partial charge is 0.295 e. The zero-order valence-electron chi connectivity index (χ0n) is 17.3. The molecule has 8 nitrogen and oxygen atoms in total. The molecule has 0 atom stereocenters. The molecule has 1 amide bonds. The molecule has 2 aliphatic rings. The lowest BCUT2D eigenvalue weighted by atomic mass is 9.90. The number of rotatable bonds is 5. The van der Waals surface area contributed by atoms with Crippen LogP contribution in [0.1, 0.15) is 30.2 Å². The summed E-state index contributed by atoms with van der Waals surface area (Å²) in [5, 5.41) is 1.61. The van der Waals surface area contributed by atoms with Gasteiger partial charge in [-0.05, 0) is 30.7 Å². The maximum absolute atomic E-state index is 14.6. The molecule has 1 aromatic carbocycles. The molecule has 3 N–H and O–H groups in total. The van der Waals surface area contributed by atoms with E-state index in [2.05, 4.69) is 33.1 Å². The number of anilines is 1. The normalized spacial score (nSPS) is 16.5. The molecule has 5 rings (SSSR count). The number of fused-ring (bicyclic) bond motifs is 1. The molecule has 0 spiro atoms. The summed E-state index contributed by atoms with van der Waals surface area (Å²) in [5.41, 5.74) is 7.25. The third-order valence-corrected chi connectivity index (χ3v) is 6.07. The molecular formula is C23H25FN6O2. The highest BCUT2D eigenvalue weighted by Crippen LogP contribution is 2.30. The van der Waals surface area contributed by atoms with E-state index in [0.717, 1.165) is 25.5 Å². The number of amides is 1. The maximum Gasteiger partial charge on any atom is 0.295 e. The number of hydrogen-bond acceptors (Lipinski definition) is 6. The number of aromatic amines is 1. The Morgan fingerprint density at radius 2 is 1.97 bits per heavy atom. The number of halogens is 1. The van der Waals surface area contributed by atoms with Crippen molar-refractivity contribution in [1.82, 2.24) is 25.8 Å². The van der Waals surface area contributed by atoms with E-state index >= 15 is 0 Å². The average Bonchev–Trinajstić information content (AvgIpc) is 3.51. The van der Waals surface area contributed by atoms with E-state index in [1.807, 2.05) is 18.2 Å². The fourth-order valence-corrected chi connectivity index (χ4v) is 4.38. The van der Waals surface area contributed by atoms with Gasteiger partial charge < -0.3 is 15.3 Å². The Morgan fingerprint density at radius 3 is 2.69 bits per heavy atom. The molecule has 4 heterocycles. The van der Waals surface area contributed by atoms with E-state index in [1.165, 1.54) is 11.8 Å². The number of pyridine rings is 1. The number of nitrogens with zero attached hydrogens (tertiary/aromatic N) is 3. The molecule has 1 fully saturated rings. The van der Waals surface area contributed by atoms with Gasteiger partial charge in [-0.3, -0.25) is 9.59 Å². The third kappa shape index (κ3) is 3.71. The van der Waals surface area contributed by atoms with E-state index in [0.29, 0.717) is 30.3 Å². The third-order valence-electron chi connectivity index (χ3n) is 6.07. The standard InChI is InChI=1S/C23H23FN6O2.H2/c24-18-14-26-22(30-11-8-27-28-30)20-19(18)17(13-25-20)21(31)23(32)29-9-6-16(7-10-29)12-15-4-2-1-3-5-15;/h1-5,8,11,13-14,16,25,27-28H,6-7,9-10,12H2;1H. The second-order valence-corrected chi connectivity index (χ2v) is 8.08. The predicted molar refractivity (Wildman–Crippen MR) is 120 cm³/mol. The van der Waals surface area contributed by atoms with Gasteiger partial charge in [0.25, 0.3) is 11.7 Å². The monoisotopic (exact) mass is 436 g/mol. The van der Waals surface area contributed by atoms with Crippen LogP contribution in [0.25, 0.3) is 10.9 Å². The van der Waals surface area contributed by atoms with E-state index in [-0.39, 0.29) is 12.4 Å². The van der Waals surface area contributed by atoms with Crippen molar-refractivity contribution in [2.45, 2.75) is 19.3 Å². The van der Waals surface area contributed by atoms with Gasteiger partial charge in [0, 0.05) is 33.1 Å². The zero-order chi connectivity index (χ0) is 22.1. The highest BCUT2D eigenvalue weighted by molar-refractivity contribution is 6.45. The number of hydrogen-bond donors (Lipinski definition) is 3. The minimum atomic E-state index is -0.711. The molecule has 9 heteroatoms. The van der Waals surface area contributed by atoms with Crippen LogP contribution in [0.4, 0.5) is 10.2 Å². The van der Waals surface area contributed by atoms with Crippen LogP contribution in [0.15, 0.2) is 55.1 Å². The molecule has 2 aromatic heterocycles. The molecule has 0 radical (unpaired) electrons. The summed E-state index contributed by atoms with van der Waals surface area (Å²) in [6, 6.07) is 10.3. The number of Topliss-reactive ketones (excluding diaryl/α,β-unsaturated/α-hetero) is 1. The summed E-state index contributed by atoms with van der Waals surface area (Å²) in [6.45, 7) is 1.04. The number of benzene rings is 1. The quantitative estimate of drug-likeness (QED) is 0.421. The molecule has 3 aromatic rings. The number of aromatic nitrogens is 2. The van der Waals surface area contributed by atoms with Crippen molar-refractivity contribution in [2.75, 3.05) is 18.1 Å². The molecule has 0 bridgehead atoms. The first-order valence-electron chi connectivity index (χ1n) is 10.6. The number of nitrogens with one attached hydrogen (secondary N) is 3. The zero-order valence-corrected chi connectivity index (χ0v) is 17.3. The fraction of sp³-hybridized carbons (Fsp3) is 0.261. The van der Waals surface area contributed by atoms with Crippen LogP contribution in [0.3, 0.4) is 0 Å². The summed E-state index contributed by atoms with van der Waals surface area (Å²) < 4.78 is 14.6. The number of carbonyl (C=O) groups excluding carboxylic acids is 2. The van der Waals surface area contributed by atoms with Gasteiger partial charge in [0.15, 0.2) is 11.6 Å². The van der Waals surface area contributed by atoms with E-state index < -0.39 is 17.5 Å². The van der Waals surface area contributed by atoms with Gasteiger partial charge in [-0.1, -0.05) is 30.3 Å². The number of ketones is 1. The number of carbonyl (C=O) groups is 2. The minimum Gasteiger partial charge on any atom is -0.357 e. The van der Waals surface area contributed by atoms with Gasteiger partial charge in [-0.15, -0.1) is 5.53 Å². The van der Waals surface area contributed by atoms with Crippen LogP contribution >= 0.6 is 0 Å². The van der Waals surface area contributed by atoms with Gasteiger partial charge in [0.2, 0.25) is 0 Å². The lowest BCUT2D eigenvalue weighted by Gasteiger charge is -2.31. The molecule has 32 heavy (non-hydrogen) atoms. The molecule has 2 aliphatic heterocycles. The average molecular weight is 436 g/mol. The molecular weight excluding hydrogens is 411 g/mol. The summed E-state index contributed by atoms with van der Waals surface area (Å²) in [4.78, 5) is 34.5. The van der Waals surface area contributed by atoms with Gasteiger partial charge in [-0.25, -0.2) is 14.4 Å². The number of piperidine rings is 1. The van der Waals surface area contributed by atoms with Crippen LogP contribution in [-0.4, -0.2) is 39.6 Å². The number of hydrazine groups is 2. The van der Waals surface area contributed by atoms with Crippen LogP contribution < -0.4 is 16.0 Å². The Labute approximate surface area is 185 Å². The maximum atomic E-state index is 14.6. The Kier molecular flexibility index (Phi) is 5.32. The van der Waals surface area contributed by atoms with Gasteiger partial charge in [0.05, 0.1) is 22.7 Å². The Morgan fingerprint density at radius 1 is 1.19 bits per heavy atom. The van der Waals surface area contributed by atoms with Crippen LogP contribution in [0.5, 0.6) is 0 Å². The van der Waals surface area contributed by atoms with E-state index in [9.17, 15) is 14.0 Å². The first-order valence-corrected chi connectivity index (χ1v) is 10.6. The lowest BCUT2D eigenvalue weighted by molar-refractivity contribution is -0.127. The predicted octanol–water partition coefficient (Wildman–Crippen LogP) is 2.91. The van der Waals surface area contributed by atoms with E-state index in [4.69, 9.17) is 0 Å². The highest BCUT2D eigenvalue weighted by atomic mass is 19.1. The van der Waals surface area contributed by atoms with Gasteiger partial charge >= 0.3 is 0 Å². The van der Waals surface area contributed by atoms with Gasteiger partial charge in [0.1, 0.15) is 0 Å². The Bertz CT molecular complexity index is 1190. The van der Waals surface area contributed by atoms with E-state index in [1.54, 1.807) is 22.3 Å². The fourth-order valence-electron chi connectivity index (χ4n) is 4.38. The first kappa shape index (κ1) is 20.2. The van der Waals surface area contributed by atoms with Crippen molar-refractivity contribution in [3.63, 3.8) is 0 Å². The largest absolute Gasteiger partial charge is 0.357 e. The highest BCUT2D eigenvalue weighted by Gasteiger charge is 2.31. The summed E-state index contributed by atoms with van der Waals surface area (Å²) in [5.74, 6) is -1.10. The molecule has 0 aliphatic carbocycles. The Balaban J connectivity index is 0.00000259. The van der Waals surface area contributed by atoms with Crippen LogP contribution in [0, 0.1) is 11.7 Å². The summed E-state index contributed by atoms with van der Waals surface area (Å²) in [7, 11) is 0. The number of likely N-dealkylation sites (tertiary alicyclic amines) is 1. The number of H-pyrrole nitrogens is 1. The Hall–Kier alpha value is -3.72. The van der Waals surface area contributed by atoms with Crippen molar-refractivity contribution in [3.8, 4) is 0 Å². The molecule has 0 saturated carbocycles. The summed E-state index contributed by atoms with van der Waals surface area (Å²) >= 11 is 0. The molecule has 166 valence electrons. The van der Waals surface area contributed by atoms with Crippen LogP contribution in [-0.2, 0) is 11.2 Å². The minimum absolute atomic E-state index is 0. The van der Waals surface area contributed by atoms with Crippen molar-refractivity contribution in [1.29, 1.82) is 0 Å². The van der Waals surface area contributed by atoms with Crippen molar-refractivity contribution in [2.24, 2.45) is 5.92 Å². The van der Waals surface area contributed by atoms with Crippen molar-refractivity contribution >= 4 is 28.4 Å². The second-order valence-electron chi connectivity index (χ2n) is 8.08.